The fraction of sp³-hybridized carbons (Fsp3) is 0.409. The zero-order valence-electron chi connectivity index (χ0n) is 16.6. The highest BCUT2D eigenvalue weighted by molar-refractivity contribution is 5.51. The Labute approximate surface area is 166 Å². The van der Waals surface area contributed by atoms with Gasteiger partial charge in [0.25, 0.3) is 0 Å². The van der Waals surface area contributed by atoms with E-state index in [2.05, 4.69) is 63.0 Å². The third-order valence-corrected chi connectivity index (χ3v) is 5.26. The standard InChI is InChI=1S/C22H27N5O/c1-17(2)19-7-5-18(6-8-19)15-26-10-12-27(13-11-26)16-21-24-22(25-28-21)20-4-3-9-23-14-20/h3-9,14,17H,10-13,15-16H2,1-2H3. The summed E-state index contributed by atoms with van der Waals surface area (Å²) in [5.41, 5.74) is 3.67. The second-order valence-electron chi connectivity index (χ2n) is 7.70. The molecule has 4 rings (SSSR count). The third-order valence-electron chi connectivity index (χ3n) is 5.26. The lowest BCUT2D eigenvalue weighted by atomic mass is 10.0. The average molecular weight is 377 g/mol. The summed E-state index contributed by atoms with van der Waals surface area (Å²) in [5, 5.41) is 4.08. The first-order valence-corrected chi connectivity index (χ1v) is 9.94. The van der Waals surface area contributed by atoms with Crippen molar-refractivity contribution in [2.45, 2.75) is 32.9 Å². The van der Waals surface area contributed by atoms with Crippen molar-refractivity contribution in [2.24, 2.45) is 0 Å². The Kier molecular flexibility index (Phi) is 5.78. The van der Waals surface area contributed by atoms with Crippen LogP contribution >= 0.6 is 0 Å². The van der Waals surface area contributed by atoms with Gasteiger partial charge in [0.05, 0.1) is 6.54 Å². The zero-order valence-corrected chi connectivity index (χ0v) is 16.6. The molecule has 1 aliphatic heterocycles. The third kappa shape index (κ3) is 4.64. The van der Waals surface area contributed by atoms with Crippen LogP contribution < -0.4 is 0 Å². The van der Waals surface area contributed by atoms with Gasteiger partial charge in [0.1, 0.15) is 0 Å². The van der Waals surface area contributed by atoms with Gasteiger partial charge in [-0.2, -0.15) is 4.98 Å². The number of aromatic nitrogens is 3. The minimum Gasteiger partial charge on any atom is -0.338 e. The van der Waals surface area contributed by atoms with E-state index in [0.29, 0.717) is 24.2 Å². The Morgan fingerprint density at radius 3 is 2.32 bits per heavy atom. The number of piperazine rings is 1. The minimum absolute atomic E-state index is 0.584. The molecule has 0 amide bonds. The van der Waals surface area contributed by atoms with Crippen molar-refractivity contribution in [1.82, 2.24) is 24.9 Å². The van der Waals surface area contributed by atoms with Crippen LogP contribution in [0.25, 0.3) is 11.4 Å². The van der Waals surface area contributed by atoms with Crippen LogP contribution in [0.2, 0.25) is 0 Å². The maximum absolute atomic E-state index is 5.43. The summed E-state index contributed by atoms with van der Waals surface area (Å²) >= 11 is 0. The summed E-state index contributed by atoms with van der Waals surface area (Å²) in [5.74, 6) is 1.85. The Hall–Kier alpha value is -2.57. The Morgan fingerprint density at radius 1 is 0.964 bits per heavy atom. The minimum atomic E-state index is 0.584. The highest BCUT2D eigenvalue weighted by Crippen LogP contribution is 2.18. The first-order chi connectivity index (χ1) is 13.7. The summed E-state index contributed by atoms with van der Waals surface area (Å²) in [4.78, 5) is 13.5. The molecule has 0 aliphatic carbocycles. The molecule has 1 fully saturated rings. The van der Waals surface area contributed by atoms with Crippen molar-refractivity contribution in [3.63, 3.8) is 0 Å². The Balaban J connectivity index is 1.27. The average Bonchev–Trinajstić information content (AvgIpc) is 3.19. The molecule has 1 aliphatic rings. The number of rotatable bonds is 6. The van der Waals surface area contributed by atoms with Gasteiger partial charge in [-0.05, 0) is 29.2 Å². The molecule has 0 radical (unpaired) electrons. The molecule has 0 N–H and O–H groups in total. The molecular formula is C22H27N5O. The van der Waals surface area contributed by atoms with E-state index in [4.69, 9.17) is 4.52 Å². The molecule has 0 saturated carbocycles. The fourth-order valence-electron chi connectivity index (χ4n) is 3.49. The molecule has 0 bridgehead atoms. The van der Waals surface area contributed by atoms with Gasteiger partial charge in [0, 0.05) is 50.7 Å². The van der Waals surface area contributed by atoms with Crippen molar-refractivity contribution in [3.05, 3.63) is 65.8 Å². The lowest BCUT2D eigenvalue weighted by Gasteiger charge is -2.33. The van der Waals surface area contributed by atoms with E-state index in [1.807, 2.05) is 12.1 Å². The molecule has 1 aromatic carbocycles. The van der Waals surface area contributed by atoms with Crippen LogP contribution in [0, 0.1) is 0 Å². The van der Waals surface area contributed by atoms with Crippen LogP contribution in [0.15, 0.2) is 53.3 Å². The van der Waals surface area contributed by atoms with Crippen molar-refractivity contribution >= 4 is 0 Å². The first-order valence-electron chi connectivity index (χ1n) is 9.94. The van der Waals surface area contributed by atoms with Crippen LogP contribution in [0.3, 0.4) is 0 Å². The van der Waals surface area contributed by atoms with Gasteiger partial charge in [0.2, 0.25) is 11.7 Å². The summed E-state index contributed by atoms with van der Waals surface area (Å²) in [6.45, 7) is 10.3. The molecule has 2 aromatic heterocycles. The summed E-state index contributed by atoms with van der Waals surface area (Å²) in [6, 6.07) is 12.9. The van der Waals surface area contributed by atoms with E-state index in [0.717, 1.165) is 38.3 Å². The van der Waals surface area contributed by atoms with Gasteiger partial charge in [-0.25, -0.2) is 0 Å². The van der Waals surface area contributed by atoms with Crippen LogP contribution in [-0.2, 0) is 13.1 Å². The molecule has 3 aromatic rings. The highest BCUT2D eigenvalue weighted by Gasteiger charge is 2.19. The predicted molar refractivity (Wildman–Crippen MR) is 109 cm³/mol. The smallest absolute Gasteiger partial charge is 0.241 e. The summed E-state index contributed by atoms with van der Waals surface area (Å²) in [7, 11) is 0. The molecule has 0 spiro atoms. The SMILES string of the molecule is CC(C)c1ccc(CN2CCN(Cc3nc(-c4cccnc4)no3)CC2)cc1. The molecule has 0 unspecified atom stereocenters. The number of hydrogen-bond donors (Lipinski definition) is 0. The maximum atomic E-state index is 5.43. The molecule has 1 saturated heterocycles. The number of hydrogen-bond acceptors (Lipinski definition) is 6. The van der Waals surface area contributed by atoms with Gasteiger partial charge >= 0.3 is 0 Å². The molecule has 6 heteroatoms. The normalized spacial score (nSPS) is 16.0. The second-order valence-corrected chi connectivity index (χ2v) is 7.70. The fourth-order valence-corrected chi connectivity index (χ4v) is 3.49. The maximum Gasteiger partial charge on any atom is 0.241 e. The van der Waals surface area contributed by atoms with Gasteiger partial charge in [-0.1, -0.05) is 43.3 Å². The van der Waals surface area contributed by atoms with E-state index in [9.17, 15) is 0 Å². The van der Waals surface area contributed by atoms with E-state index >= 15 is 0 Å². The summed E-state index contributed by atoms with van der Waals surface area (Å²) < 4.78 is 5.43. The molecule has 3 heterocycles. The Bertz CT molecular complexity index is 867. The predicted octanol–water partition coefficient (Wildman–Crippen LogP) is 3.57. The molecule has 146 valence electrons. The lowest BCUT2D eigenvalue weighted by Crippen LogP contribution is -2.45. The van der Waals surface area contributed by atoms with Crippen LogP contribution in [0.5, 0.6) is 0 Å². The monoisotopic (exact) mass is 377 g/mol. The van der Waals surface area contributed by atoms with Gasteiger partial charge in [-0.15, -0.1) is 0 Å². The quantitative estimate of drug-likeness (QED) is 0.654. The van der Waals surface area contributed by atoms with E-state index < -0.39 is 0 Å². The van der Waals surface area contributed by atoms with E-state index in [-0.39, 0.29) is 0 Å². The molecule has 6 nitrogen and oxygen atoms in total. The van der Waals surface area contributed by atoms with Gasteiger partial charge in [0.15, 0.2) is 0 Å². The number of pyridine rings is 1. The topological polar surface area (TPSA) is 58.3 Å². The van der Waals surface area contributed by atoms with Crippen molar-refractivity contribution in [1.29, 1.82) is 0 Å². The van der Waals surface area contributed by atoms with Crippen LogP contribution in [0.4, 0.5) is 0 Å². The second kappa shape index (κ2) is 8.63. The van der Waals surface area contributed by atoms with E-state index in [1.165, 1.54) is 11.1 Å². The van der Waals surface area contributed by atoms with Gasteiger partial charge < -0.3 is 4.52 Å². The van der Waals surface area contributed by atoms with Crippen LogP contribution in [0.1, 0.15) is 36.8 Å². The number of benzene rings is 1. The zero-order chi connectivity index (χ0) is 19.3. The lowest BCUT2D eigenvalue weighted by molar-refractivity contribution is 0.112. The molecule has 0 atom stereocenters. The van der Waals surface area contributed by atoms with Gasteiger partial charge in [-0.3, -0.25) is 14.8 Å². The Morgan fingerprint density at radius 2 is 1.68 bits per heavy atom. The number of nitrogens with zero attached hydrogens (tertiary/aromatic N) is 5. The molecule has 28 heavy (non-hydrogen) atoms. The van der Waals surface area contributed by atoms with E-state index in [1.54, 1.807) is 12.4 Å². The van der Waals surface area contributed by atoms with Crippen molar-refractivity contribution < 1.29 is 4.52 Å². The molecular weight excluding hydrogens is 350 g/mol. The van der Waals surface area contributed by atoms with Crippen molar-refractivity contribution in [3.8, 4) is 11.4 Å². The first kappa shape index (κ1) is 18.8. The summed E-state index contributed by atoms with van der Waals surface area (Å²) in [6.07, 6.45) is 3.49. The van der Waals surface area contributed by atoms with Crippen molar-refractivity contribution in [2.75, 3.05) is 26.2 Å². The van der Waals surface area contributed by atoms with Crippen LogP contribution in [-0.4, -0.2) is 51.1 Å². The highest BCUT2D eigenvalue weighted by atomic mass is 16.5. The largest absolute Gasteiger partial charge is 0.338 e.